The first kappa shape index (κ1) is 14.8. The normalized spacial score (nSPS) is 10.4. The van der Waals surface area contributed by atoms with Gasteiger partial charge in [0.25, 0.3) is 0 Å². The monoisotopic (exact) mass is 336 g/mol. The molecule has 106 valence electrons. The van der Waals surface area contributed by atoms with Crippen molar-refractivity contribution in [2.24, 2.45) is 0 Å². The summed E-state index contributed by atoms with van der Waals surface area (Å²) in [4.78, 5) is 4.36. The molecule has 0 aliphatic carbocycles. The van der Waals surface area contributed by atoms with Gasteiger partial charge in [-0.25, -0.2) is 4.98 Å². The summed E-state index contributed by atoms with van der Waals surface area (Å²) in [6.07, 6.45) is 1.82. The fourth-order valence-corrected chi connectivity index (χ4v) is 2.26. The average Bonchev–Trinajstić information content (AvgIpc) is 2.44. The van der Waals surface area contributed by atoms with Gasteiger partial charge < -0.3 is 14.8 Å². The summed E-state index contributed by atoms with van der Waals surface area (Å²) < 4.78 is 11.8. The molecule has 0 aliphatic heterocycles. The molecule has 2 rings (SSSR count). The largest absolute Gasteiger partial charge is 0.497 e. The number of hydrogen-bond acceptors (Lipinski definition) is 4. The van der Waals surface area contributed by atoms with Crippen LogP contribution in [0.1, 0.15) is 11.1 Å². The van der Waals surface area contributed by atoms with Crippen molar-refractivity contribution >= 4 is 15.9 Å². The summed E-state index contributed by atoms with van der Waals surface area (Å²) in [6, 6.07) is 7.63. The van der Waals surface area contributed by atoms with Crippen LogP contribution in [-0.4, -0.2) is 19.1 Å². The zero-order chi connectivity index (χ0) is 14.5. The Bertz CT molecular complexity index is 602. The highest BCUT2D eigenvalue weighted by Gasteiger charge is 2.08. The van der Waals surface area contributed by atoms with Crippen molar-refractivity contribution in [1.29, 1.82) is 0 Å². The number of pyridine rings is 1. The first-order valence-corrected chi connectivity index (χ1v) is 7.05. The van der Waals surface area contributed by atoms with Crippen LogP contribution < -0.4 is 14.8 Å². The second kappa shape index (κ2) is 6.72. The van der Waals surface area contributed by atoms with Gasteiger partial charge in [-0.1, -0.05) is 0 Å². The molecule has 1 aromatic heterocycles. The molecule has 0 radical (unpaired) electrons. The molecule has 0 atom stereocenters. The minimum atomic E-state index is 0.607. The molecule has 0 bridgehead atoms. The van der Waals surface area contributed by atoms with Crippen LogP contribution in [0.15, 0.2) is 34.9 Å². The number of ether oxygens (including phenoxy) is 2. The Morgan fingerprint density at radius 3 is 2.70 bits per heavy atom. The van der Waals surface area contributed by atoms with Gasteiger partial charge in [0.2, 0.25) is 5.88 Å². The zero-order valence-electron chi connectivity index (χ0n) is 11.7. The summed E-state index contributed by atoms with van der Waals surface area (Å²) >= 11 is 3.47. The van der Waals surface area contributed by atoms with Crippen molar-refractivity contribution < 1.29 is 9.47 Å². The number of benzene rings is 1. The van der Waals surface area contributed by atoms with E-state index >= 15 is 0 Å². The van der Waals surface area contributed by atoms with Crippen molar-refractivity contribution in [1.82, 2.24) is 10.3 Å². The average molecular weight is 337 g/mol. The van der Waals surface area contributed by atoms with Gasteiger partial charge in [0.1, 0.15) is 11.5 Å². The molecule has 0 spiro atoms. The molecule has 0 amide bonds. The lowest BCUT2D eigenvalue weighted by Gasteiger charge is -2.11. The second-order valence-corrected chi connectivity index (χ2v) is 5.25. The highest BCUT2D eigenvalue weighted by Crippen LogP contribution is 2.33. The quantitative estimate of drug-likeness (QED) is 0.904. The van der Waals surface area contributed by atoms with E-state index in [1.54, 1.807) is 7.11 Å². The van der Waals surface area contributed by atoms with Gasteiger partial charge in [0, 0.05) is 18.3 Å². The predicted octanol–water partition coefficient (Wildman–Crippen LogP) is 3.67. The number of rotatable bonds is 5. The standard InChI is InChI=1S/C15H17BrN2O2/c1-10-6-11(8-17-2)9-18-15(10)20-14-5-4-12(19-3)7-13(14)16/h4-7,9,17H,8H2,1-3H3. The third kappa shape index (κ3) is 3.49. The molecule has 0 aliphatic rings. The van der Waals surface area contributed by atoms with Gasteiger partial charge in [-0.2, -0.15) is 0 Å². The van der Waals surface area contributed by atoms with Crippen molar-refractivity contribution in [3.8, 4) is 17.4 Å². The third-order valence-corrected chi connectivity index (χ3v) is 3.43. The summed E-state index contributed by atoms with van der Waals surface area (Å²) in [5.41, 5.74) is 2.13. The molecule has 1 aromatic carbocycles. The van der Waals surface area contributed by atoms with E-state index in [-0.39, 0.29) is 0 Å². The molecule has 0 saturated carbocycles. The SMILES string of the molecule is CNCc1cnc(Oc2ccc(OC)cc2Br)c(C)c1. The third-order valence-electron chi connectivity index (χ3n) is 2.81. The highest BCUT2D eigenvalue weighted by molar-refractivity contribution is 9.10. The van der Waals surface area contributed by atoms with Crippen molar-refractivity contribution in [3.05, 3.63) is 46.1 Å². The van der Waals surface area contributed by atoms with E-state index in [1.165, 1.54) is 0 Å². The van der Waals surface area contributed by atoms with Gasteiger partial charge in [0.15, 0.2) is 0 Å². The molecular formula is C15H17BrN2O2. The van der Waals surface area contributed by atoms with E-state index in [1.807, 2.05) is 38.4 Å². The Hall–Kier alpha value is -1.59. The van der Waals surface area contributed by atoms with Gasteiger partial charge in [-0.05, 0) is 59.7 Å². The number of aryl methyl sites for hydroxylation is 1. The maximum atomic E-state index is 5.84. The molecule has 20 heavy (non-hydrogen) atoms. The lowest BCUT2D eigenvalue weighted by atomic mass is 10.2. The van der Waals surface area contributed by atoms with E-state index < -0.39 is 0 Å². The van der Waals surface area contributed by atoms with E-state index in [9.17, 15) is 0 Å². The summed E-state index contributed by atoms with van der Waals surface area (Å²) in [7, 11) is 3.54. The van der Waals surface area contributed by atoms with Crippen LogP contribution in [0.5, 0.6) is 17.4 Å². The lowest BCUT2D eigenvalue weighted by Crippen LogP contribution is -2.06. The molecule has 1 heterocycles. The minimum absolute atomic E-state index is 0.607. The van der Waals surface area contributed by atoms with Crippen molar-refractivity contribution in [3.63, 3.8) is 0 Å². The number of nitrogens with zero attached hydrogens (tertiary/aromatic N) is 1. The number of hydrogen-bond donors (Lipinski definition) is 1. The first-order valence-electron chi connectivity index (χ1n) is 6.25. The molecular weight excluding hydrogens is 320 g/mol. The van der Waals surface area contributed by atoms with Crippen LogP contribution in [0.2, 0.25) is 0 Å². The minimum Gasteiger partial charge on any atom is -0.497 e. The van der Waals surface area contributed by atoms with Crippen LogP contribution >= 0.6 is 15.9 Å². The fourth-order valence-electron chi connectivity index (χ4n) is 1.82. The number of halogens is 1. The summed E-state index contributed by atoms with van der Waals surface area (Å²) in [5, 5.41) is 3.10. The predicted molar refractivity (Wildman–Crippen MR) is 82.5 cm³/mol. The Labute approximate surface area is 127 Å². The van der Waals surface area contributed by atoms with Crippen LogP contribution in [0, 0.1) is 6.92 Å². The van der Waals surface area contributed by atoms with E-state index in [4.69, 9.17) is 9.47 Å². The second-order valence-electron chi connectivity index (χ2n) is 4.39. The van der Waals surface area contributed by atoms with Crippen molar-refractivity contribution in [2.75, 3.05) is 14.2 Å². The summed E-state index contributed by atoms with van der Waals surface area (Å²) in [5.74, 6) is 2.09. The van der Waals surface area contributed by atoms with Crippen LogP contribution in [-0.2, 0) is 6.54 Å². The van der Waals surface area contributed by atoms with Crippen LogP contribution in [0.3, 0.4) is 0 Å². The van der Waals surface area contributed by atoms with E-state index in [0.717, 1.165) is 27.9 Å². The molecule has 0 fully saturated rings. The van der Waals surface area contributed by atoms with Gasteiger partial charge in [-0.15, -0.1) is 0 Å². The Kier molecular flexibility index (Phi) is 4.98. The lowest BCUT2D eigenvalue weighted by molar-refractivity contribution is 0.411. The zero-order valence-corrected chi connectivity index (χ0v) is 13.3. The maximum Gasteiger partial charge on any atom is 0.222 e. The van der Waals surface area contributed by atoms with Gasteiger partial charge in [0.05, 0.1) is 11.6 Å². The topological polar surface area (TPSA) is 43.4 Å². The first-order chi connectivity index (χ1) is 9.63. The van der Waals surface area contributed by atoms with E-state index in [0.29, 0.717) is 11.6 Å². The Morgan fingerprint density at radius 1 is 1.30 bits per heavy atom. The van der Waals surface area contributed by atoms with E-state index in [2.05, 4.69) is 32.3 Å². The molecule has 0 saturated heterocycles. The number of nitrogens with one attached hydrogen (secondary N) is 1. The highest BCUT2D eigenvalue weighted by atomic mass is 79.9. The molecule has 0 unspecified atom stereocenters. The summed E-state index contributed by atoms with van der Waals surface area (Å²) in [6.45, 7) is 2.78. The number of aromatic nitrogens is 1. The molecule has 2 aromatic rings. The van der Waals surface area contributed by atoms with Gasteiger partial charge >= 0.3 is 0 Å². The number of methoxy groups -OCH3 is 1. The Morgan fingerprint density at radius 2 is 2.10 bits per heavy atom. The van der Waals surface area contributed by atoms with Crippen molar-refractivity contribution in [2.45, 2.75) is 13.5 Å². The fraction of sp³-hybridized carbons (Fsp3) is 0.267. The Balaban J connectivity index is 2.21. The van der Waals surface area contributed by atoms with Crippen LogP contribution in [0.25, 0.3) is 0 Å². The molecule has 5 heteroatoms. The van der Waals surface area contributed by atoms with Gasteiger partial charge in [-0.3, -0.25) is 0 Å². The molecule has 1 N–H and O–H groups in total. The molecule has 4 nitrogen and oxygen atoms in total. The smallest absolute Gasteiger partial charge is 0.222 e. The van der Waals surface area contributed by atoms with Crippen LogP contribution in [0.4, 0.5) is 0 Å². The maximum absolute atomic E-state index is 5.84.